The van der Waals surface area contributed by atoms with Crippen molar-refractivity contribution in [3.05, 3.63) is 65.3 Å². The summed E-state index contributed by atoms with van der Waals surface area (Å²) in [4.78, 5) is 27.8. The highest BCUT2D eigenvalue weighted by Gasteiger charge is 2.23. The first-order valence-corrected chi connectivity index (χ1v) is 12.8. The number of aromatic nitrogens is 2. The minimum Gasteiger partial charge on any atom is -0.497 e. The van der Waals surface area contributed by atoms with Gasteiger partial charge in [-0.1, -0.05) is 58.2 Å². The number of nitrogens with zero attached hydrogens (tertiary/aromatic N) is 3. The number of halogens is 1. The Morgan fingerprint density at radius 2 is 1.78 bits per heavy atom. The van der Waals surface area contributed by atoms with Crippen LogP contribution >= 0.6 is 11.6 Å². The molecule has 0 unspecified atom stereocenters. The molecule has 37 heavy (non-hydrogen) atoms. The molecule has 0 atom stereocenters. The SMILES string of the molecule is CCCCCN(CC(=O)Nc1cc(C(C)(C)C)nn1-c1ccc(OC)cc1)C(=O)Nc1cccc(Cl)c1. The maximum Gasteiger partial charge on any atom is 0.322 e. The Balaban J connectivity index is 1.80. The van der Waals surface area contributed by atoms with Crippen molar-refractivity contribution in [1.29, 1.82) is 0 Å². The fourth-order valence-corrected chi connectivity index (χ4v) is 3.88. The molecule has 9 heteroatoms. The zero-order chi connectivity index (χ0) is 27.0. The Morgan fingerprint density at radius 3 is 2.41 bits per heavy atom. The molecule has 1 aromatic heterocycles. The number of ether oxygens (including phenoxy) is 1. The van der Waals surface area contributed by atoms with Crippen molar-refractivity contribution >= 4 is 35.0 Å². The normalized spacial score (nSPS) is 11.2. The number of methoxy groups -OCH3 is 1. The summed E-state index contributed by atoms with van der Waals surface area (Å²) in [5.74, 6) is 0.947. The Morgan fingerprint density at radius 1 is 1.05 bits per heavy atom. The van der Waals surface area contributed by atoms with Crippen molar-refractivity contribution in [1.82, 2.24) is 14.7 Å². The number of urea groups is 1. The van der Waals surface area contributed by atoms with Crippen LogP contribution in [0.1, 0.15) is 52.7 Å². The van der Waals surface area contributed by atoms with Crippen LogP contribution in [0.4, 0.5) is 16.3 Å². The molecule has 0 aliphatic heterocycles. The van der Waals surface area contributed by atoms with Crippen LogP contribution in [-0.4, -0.2) is 46.8 Å². The highest BCUT2D eigenvalue weighted by Crippen LogP contribution is 2.27. The van der Waals surface area contributed by atoms with E-state index in [0.29, 0.717) is 23.1 Å². The Kier molecular flexibility index (Phi) is 9.58. The fraction of sp³-hybridized carbons (Fsp3) is 0.393. The lowest BCUT2D eigenvalue weighted by Gasteiger charge is -2.23. The molecule has 3 amide bonds. The highest BCUT2D eigenvalue weighted by molar-refractivity contribution is 6.30. The van der Waals surface area contributed by atoms with E-state index in [1.54, 1.807) is 36.1 Å². The van der Waals surface area contributed by atoms with E-state index < -0.39 is 0 Å². The first-order valence-electron chi connectivity index (χ1n) is 12.5. The molecule has 2 aromatic carbocycles. The number of carbonyl (C=O) groups is 2. The van der Waals surface area contributed by atoms with Crippen LogP contribution in [0.5, 0.6) is 5.75 Å². The van der Waals surface area contributed by atoms with Gasteiger partial charge in [0.1, 0.15) is 18.1 Å². The van der Waals surface area contributed by atoms with Gasteiger partial charge in [0.25, 0.3) is 0 Å². The van der Waals surface area contributed by atoms with Crippen molar-refractivity contribution in [3.63, 3.8) is 0 Å². The van der Waals surface area contributed by atoms with Gasteiger partial charge in [-0.25, -0.2) is 9.48 Å². The number of anilines is 2. The summed E-state index contributed by atoms with van der Waals surface area (Å²) in [7, 11) is 1.61. The molecule has 0 saturated carbocycles. The third kappa shape index (κ3) is 7.98. The molecule has 198 valence electrons. The van der Waals surface area contributed by atoms with Crippen LogP contribution in [-0.2, 0) is 10.2 Å². The van der Waals surface area contributed by atoms with E-state index in [0.717, 1.165) is 36.4 Å². The molecular formula is C28H36ClN5O3. The van der Waals surface area contributed by atoms with Crippen LogP contribution in [0.3, 0.4) is 0 Å². The Bertz CT molecular complexity index is 1200. The largest absolute Gasteiger partial charge is 0.497 e. The first-order chi connectivity index (χ1) is 17.6. The average molecular weight is 526 g/mol. The third-order valence-electron chi connectivity index (χ3n) is 5.79. The van der Waals surface area contributed by atoms with Crippen LogP contribution in [0.15, 0.2) is 54.6 Å². The van der Waals surface area contributed by atoms with Crippen molar-refractivity contribution in [2.24, 2.45) is 0 Å². The van der Waals surface area contributed by atoms with Gasteiger partial charge in [-0.15, -0.1) is 0 Å². The quantitative estimate of drug-likeness (QED) is 0.296. The molecule has 1 heterocycles. The number of amides is 3. The molecule has 3 rings (SSSR count). The molecule has 0 radical (unpaired) electrons. The fourth-order valence-electron chi connectivity index (χ4n) is 3.69. The van der Waals surface area contributed by atoms with Crippen molar-refractivity contribution in [3.8, 4) is 11.4 Å². The van der Waals surface area contributed by atoms with Gasteiger partial charge in [-0.2, -0.15) is 5.10 Å². The van der Waals surface area contributed by atoms with Crippen LogP contribution in [0.2, 0.25) is 5.02 Å². The van der Waals surface area contributed by atoms with Gasteiger partial charge < -0.3 is 20.3 Å². The van der Waals surface area contributed by atoms with E-state index in [4.69, 9.17) is 21.4 Å². The molecule has 3 aromatic rings. The van der Waals surface area contributed by atoms with Gasteiger partial charge in [0.2, 0.25) is 5.91 Å². The van der Waals surface area contributed by atoms with Crippen molar-refractivity contribution < 1.29 is 14.3 Å². The monoisotopic (exact) mass is 525 g/mol. The number of carbonyl (C=O) groups excluding carboxylic acids is 2. The summed E-state index contributed by atoms with van der Waals surface area (Å²) >= 11 is 6.06. The van der Waals surface area contributed by atoms with E-state index in [-0.39, 0.29) is 23.9 Å². The van der Waals surface area contributed by atoms with Crippen LogP contribution in [0.25, 0.3) is 5.69 Å². The van der Waals surface area contributed by atoms with Crippen LogP contribution in [0, 0.1) is 0 Å². The maximum absolute atomic E-state index is 13.2. The number of benzene rings is 2. The summed E-state index contributed by atoms with van der Waals surface area (Å²) in [6, 6.07) is 15.9. The first kappa shape index (κ1) is 28.1. The summed E-state index contributed by atoms with van der Waals surface area (Å²) in [5, 5.41) is 11.1. The molecule has 8 nitrogen and oxygen atoms in total. The summed E-state index contributed by atoms with van der Waals surface area (Å²) < 4.78 is 6.96. The topological polar surface area (TPSA) is 88.5 Å². The smallest absolute Gasteiger partial charge is 0.322 e. The molecule has 0 fully saturated rings. The standard InChI is InChI=1S/C28H36ClN5O3/c1-6-7-8-16-33(27(36)30-21-11-9-10-20(29)17-21)19-26(35)31-25-18-24(28(2,3)4)32-34(25)22-12-14-23(37-5)15-13-22/h9-15,17-18H,6-8,16,19H2,1-5H3,(H,30,36)(H,31,35). The lowest BCUT2D eigenvalue weighted by molar-refractivity contribution is -0.116. The number of hydrogen-bond donors (Lipinski definition) is 2. The predicted octanol–water partition coefficient (Wildman–Crippen LogP) is 6.49. The molecular weight excluding hydrogens is 490 g/mol. The zero-order valence-electron chi connectivity index (χ0n) is 22.2. The second kappa shape index (κ2) is 12.6. The molecule has 2 N–H and O–H groups in total. The Labute approximate surface area is 223 Å². The zero-order valence-corrected chi connectivity index (χ0v) is 22.9. The van der Waals surface area contributed by atoms with Gasteiger partial charge in [-0.05, 0) is 48.9 Å². The molecule has 0 saturated heterocycles. The van der Waals surface area contributed by atoms with Crippen LogP contribution < -0.4 is 15.4 Å². The molecule has 0 aliphatic rings. The van der Waals surface area contributed by atoms with Gasteiger partial charge in [-0.3, -0.25) is 4.79 Å². The number of hydrogen-bond acceptors (Lipinski definition) is 4. The lowest BCUT2D eigenvalue weighted by Crippen LogP contribution is -2.41. The van der Waals surface area contributed by atoms with Gasteiger partial charge in [0.15, 0.2) is 0 Å². The van der Waals surface area contributed by atoms with Gasteiger partial charge >= 0.3 is 6.03 Å². The van der Waals surface area contributed by atoms with E-state index >= 15 is 0 Å². The van der Waals surface area contributed by atoms with E-state index in [9.17, 15) is 9.59 Å². The molecule has 0 bridgehead atoms. The minimum atomic E-state index is -0.354. The summed E-state index contributed by atoms with van der Waals surface area (Å²) in [6.07, 6.45) is 2.76. The maximum atomic E-state index is 13.2. The highest BCUT2D eigenvalue weighted by atomic mass is 35.5. The summed E-state index contributed by atoms with van der Waals surface area (Å²) in [6.45, 7) is 8.64. The molecule has 0 aliphatic carbocycles. The third-order valence-corrected chi connectivity index (χ3v) is 6.03. The second-order valence-corrected chi connectivity index (χ2v) is 10.3. The Hall–Kier alpha value is -3.52. The predicted molar refractivity (Wildman–Crippen MR) is 149 cm³/mol. The van der Waals surface area contributed by atoms with Gasteiger partial charge in [0, 0.05) is 28.7 Å². The number of nitrogens with one attached hydrogen (secondary N) is 2. The average Bonchev–Trinajstić information content (AvgIpc) is 3.28. The van der Waals surface area contributed by atoms with E-state index in [2.05, 4.69) is 38.3 Å². The van der Waals surface area contributed by atoms with E-state index in [1.165, 1.54) is 4.90 Å². The second-order valence-electron chi connectivity index (χ2n) is 9.89. The van der Waals surface area contributed by atoms with E-state index in [1.807, 2.05) is 30.3 Å². The van der Waals surface area contributed by atoms with Crippen molar-refractivity contribution in [2.45, 2.75) is 52.4 Å². The minimum absolute atomic E-state index is 0.102. The lowest BCUT2D eigenvalue weighted by atomic mass is 9.92. The molecule has 0 spiro atoms. The summed E-state index contributed by atoms with van der Waals surface area (Å²) in [5.41, 5.74) is 1.97. The number of unbranched alkanes of at least 4 members (excludes halogenated alkanes) is 2. The number of rotatable bonds is 10. The van der Waals surface area contributed by atoms with Crippen molar-refractivity contribution in [2.75, 3.05) is 30.8 Å². The van der Waals surface area contributed by atoms with Gasteiger partial charge in [0.05, 0.1) is 18.5 Å².